The predicted molar refractivity (Wildman–Crippen MR) is 184 cm³/mol. The van der Waals surface area contributed by atoms with Crippen LogP contribution in [-0.2, 0) is 20.0 Å². The molecule has 244 valence electrons. The van der Waals surface area contributed by atoms with Crippen LogP contribution in [0.4, 0.5) is 5.82 Å². The Morgan fingerprint density at radius 1 is 1.02 bits per heavy atom. The van der Waals surface area contributed by atoms with Crippen molar-refractivity contribution in [3.8, 4) is 34.6 Å². The quantitative estimate of drug-likeness (QED) is 0.267. The second-order valence-electron chi connectivity index (χ2n) is 12.9. The summed E-state index contributed by atoms with van der Waals surface area (Å²) < 4.78 is 13.0. The molecular formula is C36H32N10O3. The van der Waals surface area contributed by atoms with Gasteiger partial charge in [0.2, 0.25) is 0 Å². The van der Waals surface area contributed by atoms with E-state index in [1.165, 1.54) is 6.33 Å². The molecule has 5 aromatic heterocycles. The fourth-order valence-electron chi connectivity index (χ4n) is 6.59. The molecule has 1 aliphatic heterocycles. The van der Waals surface area contributed by atoms with E-state index in [0.29, 0.717) is 51.2 Å². The van der Waals surface area contributed by atoms with Gasteiger partial charge >= 0.3 is 0 Å². The number of hydrogen-bond acceptors (Lipinski definition) is 9. The van der Waals surface area contributed by atoms with E-state index in [1.54, 1.807) is 27.9 Å². The molecule has 3 N–H and O–H groups in total. The van der Waals surface area contributed by atoms with Gasteiger partial charge in [-0.15, -0.1) is 0 Å². The van der Waals surface area contributed by atoms with E-state index in [-0.39, 0.29) is 23.7 Å². The number of benzene rings is 2. The molecule has 2 aromatic carbocycles. The van der Waals surface area contributed by atoms with Crippen molar-refractivity contribution in [3.63, 3.8) is 0 Å². The topological polar surface area (TPSA) is 157 Å². The van der Waals surface area contributed by atoms with Crippen LogP contribution in [0.3, 0.4) is 0 Å². The SMILES string of the molecule is Cc1ccc(C)n1-n1c(Cn2nc(-c3ccc(O)c4c3CC(C)(C)O4)c3c(N)ncnc32)nc2cccc(C#Cc3cncn3C)c2c1=O. The van der Waals surface area contributed by atoms with Gasteiger partial charge in [-0.1, -0.05) is 12.0 Å². The van der Waals surface area contributed by atoms with Crippen LogP contribution in [0, 0.1) is 25.7 Å². The van der Waals surface area contributed by atoms with E-state index in [0.717, 1.165) is 28.2 Å². The molecule has 0 radical (unpaired) electrons. The van der Waals surface area contributed by atoms with Crippen LogP contribution in [0.1, 0.15) is 47.9 Å². The number of aromatic hydroxyl groups is 1. The van der Waals surface area contributed by atoms with Crippen molar-refractivity contribution in [1.29, 1.82) is 0 Å². The lowest BCUT2D eigenvalue weighted by Crippen LogP contribution is -2.33. The van der Waals surface area contributed by atoms with Gasteiger partial charge in [-0.05, 0) is 70.0 Å². The third-order valence-electron chi connectivity index (χ3n) is 8.84. The van der Waals surface area contributed by atoms with Crippen LogP contribution >= 0.6 is 0 Å². The van der Waals surface area contributed by atoms with Crippen LogP contribution in [0.15, 0.2) is 66.1 Å². The van der Waals surface area contributed by atoms with Crippen molar-refractivity contribution in [1.82, 2.24) is 43.6 Å². The second kappa shape index (κ2) is 10.8. The number of anilines is 1. The van der Waals surface area contributed by atoms with Crippen molar-refractivity contribution in [3.05, 3.63) is 106 Å². The molecule has 0 saturated carbocycles. The molecule has 0 spiro atoms. The van der Waals surface area contributed by atoms with E-state index in [4.69, 9.17) is 20.6 Å². The Kier molecular flexibility index (Phi) is 6.61. The molecule has 0 amide bonds. The van der Waals surface area contributed by atoms with Crippen LogP contribution < -0.4 is 16.0 Å². The fourth-order valence-corrected chi connectivity index (χ4v) is 6.59. The number of phenolic OH excluding ortho intramolecular Hbond substituents is 1. The summed E-state index contributed by atoms with van der Waals surface area (Å²) in [7, 11) is 1.87. The minimum atomic E-state index is -0.519. The zero-order chi connectivity index (χ0) is 34.2. The van der Waals surface area contributed by atoms with Crippen LogP contribution in [0.2, 0.25) is 0 Å². The number of fused-ring (bicyclic) bond motifs is 3. The first-order chi connectivity index (χ1) is 23.5. The van der Waals surface area contributed by atoms with E-state index in [1.807, 2.05) is 80.4 Å². The number of phenols is 1. The average Bonchev–Trinajstić information content (AvgIpc) is 3.82. The van der Waals surface area contributed by atoms with E-state index >= 15 is 0 Å². The number of rotatable bonds is 4. The maximum atomic E-state index is 14.7. The van der Waals surface area contributed by atoms with Crippen molar-refractivity contribution in [2.75, 3.05) is 5.73 Å². The Bertz CT molecular complexity index is 2590. The number of aryl methyl sites for hydroxylation is 3. The third kappa shape index (κ3) is 4.79. The lowest BCUT2D eigenvalue weighted by Gasteiger charge is -2.18. The van der Waals surface area contributed by atoms with Crippen LogP contribution in [-0.4, -0.2) is 54.3 Å². The number of nitrogen functional groups attached to an aromatic ring is 1. The first-order valence-corrected chi connectivity index (χ1v) is 15.7. The average molecular weight is 653 g/mol. The number of nitrogens with two attached hydrogens (primary N) is 1. The molecule has 6 heterocycles. The first-order valence-electron chi connectivity index (χ1n) is 15.7. The van der Waals surface area contributed by atoms with Gasteiger partial charge in [0.25, 0.3) is 5.56 Å². The Morgan fingerprint density at radius 2 is 1.82 bits per heavy atom. The van der Waals surface area contributed by atoms with Gasteiger partial charge in [-0.3, -0.25) is 9.47 Å². The number of nitrogens with zero attached hydrogens (tertiary/aromatic N) is 9. The van der Waals surface area contributed by atoms with Gasteiger partial charge in [0.05, 0.1) is 28.8 Å². The molecule has 13 heteroatoms. The van der Waals surface area contributed by atoms with Crippen molar-refractivity contribution < 1.29 is 9.84 Å². The normalized spacial score (nSPS) is 13.4. The zero-order valence-corrected chi connectivity index (χ0v) is 27.6. The molecule has 0 saturated heterocycles. The van der Waals surface area contributed by atoms with Crippen molar-refractivity contribution in [2.24, 2.45) is 7.05 Å². The summed E-state index contributed by atoms with van der Waals surface area (Å²) in [4.78, 5) is 32.7. The molecule has 8 rings (SSSR count). The van der Waals surface area contributed by atoms with Gasteiger partial charge in [0.1, 0.15) is 35.7 Å². The summed E-state index contributed by atoms with van der Waals surface area (Å²) in [5.41, 5.74) is 11.7. The lowest BCUT2D eigenvalue weighted by atomic mass is 9.95. The molecular weight excluding hydrogens is 620 g/mol. The molecule has 0 bridgehead atoms. The summed E-state index contributed by atoms with van der Waals surface area (Å²) in [5, 5.41) is 16.6. The maximum Gasteiger partial charge on any atom is 0.282 e. The highest BCUT2D eigenvalue weighted by Gasteiger charge is 2.35. The number of hydrogen-bond donors (Lipinski definition) is 2. The lowest BCUT2D eigenvalue weighted by molar-refractivity contribution is 0.134. The highest BCUT2D eigenvalue weighted by molar-refractivity contribution is 5.99. The monoisotopic (exact) mass is 652 g/mol. The standard InChI is InChI=1S/C36H32N10O3/c1-20-9-10-21(2)45(20)46-28(41-26-8-6-7-22(29(26)35(46)48)11-12-23-16-38-19-43(23)5)17-44-34-30(33(37)39-18-40-34)31(42-44)24-13-14-27(47)32-25(24)15-36(3,4)49-32/h6-10,13-14,16,18-19,47H,15,17H2,1-5H3,(H2,37,39,40). The van der Waals surface area contributed by atoms with Crippen molar-refractivity contribution >= 4 is 27.8 Å². The molecule has 0 unspecified atom stereocenters. The summed E-state index contributed by atoms with van der Waals surface area (Å²) >= 11 is 0. The van der Waals surface area contributed by atoms with Crippen molar-refractivity contribution in [2.45, 2.75) is 46.3 Å². The van der Waals surface area contributed by atoms with Gasteiger partial charge in [0, 0.05) is 41.5 Å². The largest absolute Gasteiger partial charge is 0.504 e. The summed E-state index contributed by atoms with van der Waals surface area (Å²) in [5.74, 6) is 7.46. The molecule has 7 aromatic rings. The Balaban J connectivity index is 1.35. The Morgan fingerprint density at radius 3 is 2.57 bits per heavy atom. The molecule has 0 aliphatic carbocycles. The minimum Gasteiger partial charge on any atom is -0.504 e. The van der Waals surface area contributed by atoms with Crippen LogP contribution in [0.5, 0.6) is 11.5 Å². The summed E-state index contributed by atoms with van der Waals surface area (Å²) in [6.45, 7) is 7.88. The first kappa shape index (κ1) is 29.9. The van der Waals surface area contributed by atoms with E-state index in [2.05, 4.69) is 26.8 Å². The summed E-state index contributed by atoms with van der Waals surface area (Å²) in [6.07, 6.45) is 5.30. The maximum absolute atomic E-state index is 14.7. The highest BCUT2D eigenvalue weighted by Crippen LogP contribution is 2.47. The van der Waals surface area contributed by atoms with E-state index < -0.39 is 5.60 Å². The predicted octanol–water partition coefficient (Wildman–Crippen LogP) is 4.12. The number of ether oxygens (including phenoxy) is 1. The zero-order valence-electron chi connectivity index (χ0n) is 27.6. The smallest absolute Gasteiger partial charge is 0.282 e. The number of imidazole rings is 1. The third-order valence-corrected chi connectivity index (χ3v) is 8.84. The van der Waals surface area contributed by atoms with Gasteiger partial charge in [-0.2, -0.15) is 9.77 Å². The molecule has 13 nitrogen and oxygen atoms in total. The molecule has 1 aliphatic rings. The second-order valence-corrected chi connectivity index (χ2v) is 12.9. The Hall–Kier alpha value is -6.42. The van der Waals surface area contributed by atoms with Gasteiger partial charge in [0.15, 0.2) is 23.0 Å². The fraction of sp³-hybridized carbons (Fsp3) is 0.222. The van der Waals surface area contributed by atoms with E-state index in [9.17, 15) is 9.90 Å². The Labute approximate surface area is 280 Å². The van der Waals surface area contributed by atoms with Gasteiger partial charge < -0.3 is 20.1 Å². The van der Waals surface area contributed by atoms with Gasteiger partial charge in [-0.25, -0.2) is 24.6 Å². The number of aromatic nitrogens is 9. The highest BCUT2D eigenvalue weighted by atomic mass is 16.5. The molecule has 0 atom stereocenters. The van der Waals surface area contributed by atoms with Crippen LogP contribution in [0.25, 0.3) is 33.2 Å². The molecule has 49 heavy (non-hydrogen) atoms. The molecule has 0 fully saturated rings. The minimum absolute atomic E-state index is 0.0588. The summed E-state index contributed by atoms with van der Waals surface area (Å²) in [6, 6.07) is 12.8.